The number of nitriles is 1. The lowest BCUT2D eigenvalue weighted by Gasteiger charge is -2.33. The molecule has 0 unspecified atom stereocenters. The minimum atomic E-state index is -1.05. The largest absolute Gasteiger partial charge is 0.187 e. The quantitative estimate of drug-likeness (QED) is 0.0573. The molecule has 0 saturated carbocycles. The topological polar surface area (TPSA) is 23.8 Å². The Morgan fingerprint density at radius 3 is 0.667 bits per heavy atom. The summed E-state index contributed by atoms with van der Waals surface area (Å²) in [5.41, 5.74) is 0. The van der Waals surface area contributed by atoms with E-state index in [1.165, 1.54) is 210 Å². The molecule has 0 saturated heterocycles. The van der Waals surface area contributed by atoms with Gasteiger partial charge in [0.25, 0.3) is 0 Å². The van der Waals surface area contributed by atoms with Crippen molar-refractivity contribution in [3.8, 4) is 5.40 Å². The lowest BCUT2D eigenvalue weighted by molar-refractivity contribution is 0.560. The lowest BCUT2D eigenvalue weighted by atomic mass is 10.1. The maximum absolute atomic E-state index is 10.4. The molecule has 0 radical (unpaired) electrons. The molecule has 0 bridgehead atoms. The number of nitrogens with zero attached hydrogens (tertiary/aromatic N) is 1. The monoisotopic (exact) mass is 566 g/mol. The number of thiocyanates is 1. The van der Waals surface area contributed by atoms with Crippen molar-refractivity contribution in [1.29, 1.82) is 5.26 Å². The molecule has 0 aromatic heterocycles. The first-order chi connectivity index (χ1) is 19.2. The molecule has 234 valence electrons. The van der Waals surface area contributed by atoms with Gasteiger partial charge in [0.2, 0.25) is 0 Å². The van der Waals surface area contributed by atoms with Crippen LogP contribution in [0.3, 0.4) is 0 Å². The molecule has 0 aromatic rings. The predicted molar refractivity (Wildman–Crippen MR) is 183 cm³/mol. The molecule has 0 amide bonds. The summed E-state index contributed by atoms with van der Waals surface area (Å²) in [6, 6.07) is 0. The van der Waals surface area contributed by atoms with Gasteiger partial charge in [-0.05, 0) is 36.5 Å². The van der Waals surface area contributed by atoms with E-state index in [-0.39, 0.29) is 0 Å². The third kappa shape index (κ3) is 27.8. The van der Waals surface area contributed by atoms with Crippen molar-refractivity contribution in [2.45, 2.75) is 213 Å². The van der Waals surface area contributed by atoms with Crippen molar-refractivity contribution in [3.63, 3.8) is 0 Å². The first-order valence-electron chi connectivity index (χ1n) is 18.4. The fourth-order valence-corrected chi connectivity index (χ4v) is 9.20. The van der Waals surface area contributed by atoms with Crippen LogP contribution in [0.4, 0.5) is 0 Å². The van der Waals surface area contributed by atoms with Crippen LogP contribution in [0.2, 0.25) is 0 Å². The van der Waals surface area contributed by atoms with Crippen LogP contribution in [-0.2, 0) is 0 Å². The molecule has 0 spiro atoms. The zero-order valence-corrected chi connectivity index (χ0v) is 28.5. The molecule has 0 N–H and O–H groups in total. The minimum Gasteiger partial charge on any atom is -0.187 e. The Kier molecular flexibility index (Phi) is 32.2. The molecular weight excluding hydrogens is 490 g/mol. The summed E-state index contributed by atoms with van der Waals surface area (Å²) in [6.07, 6.45) is 41.9. The summed E-state index contributed by atoms with van der Waals surface area (Å²) in [5, 5.41) is 13.4. The van der Waals surface area contributed by atoms with Gasteiger partial charge in [-0.3, -0.25) is 0 Å². The Hall–Kier alpha value is -0.160. The first kappa shape index (κ1) is 38.8. The SMILES string of the molecule is CCCCCCCCCCCCS(C#N)(CCCCCCCCCCCC)CCCCCCCCCCCC. The van der Waals surface area contributed by atoms with Crippen LogP contribution in [0.15, 0.2) is 0 Å². The summed E-state index contributed by atoms with van der Waals surface area (Å²) in [5.74, 6) is 3.73. The van der Waals surface area contributed by atoms with Gasteiger partial charge in [-0.15, -0.1) is 0 Å². The Labute approximate surface area is 250 Å². The van der Waals surface area contributed by atoms with Crippen LogP contribution < -0.4 is 0 Å². The average Bonchev–Trinajstić information content (AvgIpc) is 2.95. The van der Waals surface area contributed by atoms with E-state index < -0.39 is 10.0 Å². The van der Waals surface area contributed by atoms with E-state index in [9.17, 15) is 5.26 Å². The van der Waals surface area contributed by atoms with Gasteiger partial charge in [-0.25, -0.2) is 0 Å². The van der Waals surface area contributed by atoms with Crippen molar-refractivity contribution in [3.05, 3.63) is 0 Å². The second kappa shape index (κ2) is 32.4. The van der Waals surface area contributed by atoms with Gasteiger partial charge in [0.1, 0.15) is 5.40 Å². The summed E-state index contributed by atoms with van der Waals surface area (Å²) in [6.45, 7) is 6.91. The Bertz CT molecular complexity index is 436. The average molecular weight is 566 g/mol. The van der Waals surface area contributed by atoms with Gasteiger partial charge in [-0.1, -0.05) is 194 Å². The molecule has 39 heavy (non-hydrogen) atoms. The molecule has 0 aliphatic carbocycles. The molecule has 2 heteroatoms. The number of hydrogen-bond acceptors (Lipinski definition) is 1. The zero-order chi connectivity index (χ0) is 28.5. The fourth-order valence-electron chi connectivity index (χ4n) is 6.04. The third-order valence-corrected chi connectivity index (χ3v) is 12.5. The highest BCUT2D eigenvalue weighted by molar-refractivity contribution is 8.37. The lowest BCUT2D eigenvalue weighted by Crippen LogP contribution is -2.12. The predicted octanol–water partition coefficient (Wildman–Crippen LogP) is 14.0. The molecule has 0 aromatic carbocycles. The van der Waals surface area contributed by atoms with Crippen molar-refractivity contribution in [1.82, 2.24) is 0 Å². The summed E-state index contributed by atoms with van der Waals surface area (Å²) < 4.78 is 0. The molecule has 1 nitrogen and oxygen atoms in total. The van der Waals surface area contributed by atoms with E-state index in [0.29, 0.717) is 0 Å². The highest BCUT2D eigenvalue weighted by atomic mass is 32.3. The maximum Gasteiger partial charge on any atom is 0.113 e. The van der Waals surface area contributed by atoms with E-state index in [0.717, 1.165) is 0 Å². The Morgan fingerprint density at radius 2 is 0.487 bits per heavy atom. The standard InChI is InChI=1S/C37H75NS/c1-4-7-10-13-16-19-22-25-28-31-34-39(37-38,35-32-29-26-23-20-17-14-11-8-5-2)36-33-30-27-24-21-18-15-12-9-6-3/h4-36H2,1-3H3. The highest BCUT2D eigenvalue weighted by Crippen LogP contribution is 2.49. The van der Waals surface area contributed by atoms with Crippen LogP contribution >= 0.6 is 10.0 Å². The van der Waals surface area contributed by atoms with E-state index in [2.05, 4.69) is 26.2 Å². The van der Waals surface area contributed by atoms with Crippen molar-refractivity contribution < 1.29 is 0 Å². The summed E-state index contributed by atoms with van der Waals surface area (Å²) in [4.78, 5) is 0. The van der Waals surface area contributed by atoms with Crippen LogP contribution in [-0.4, -0.2) is 17.3 Å². The van der Waals surface area contributed by atoms with Gasteiger partial charge in [-0.2, -0.15) is 15.3 Å². The van der Waals surface area contributed by atoms with Crippen LogP contribution in [0, 0.1) is 10.7 Å². The van der Waals surface area contributed by atoms with Crippen molar-refractivity contribution in [2.24, 2.45) is 0 Å². The second-order valence-corrected chi connectivity index (χ2v) is 16.3. The minimum absolute atomic E-state index is 1.05. The number of unbranched alkanes of at least 4 members (excludes halogenated alkanes) is 27. The van der Waals surface area contributed by atoms with Gasteiger partial charge in [0, 0.05) is 0 Å². The molecular formula is C37H75NS. The highest BCUT2D eigenvalue weighted by Gasteiger charge is 2.22. The Morgan fingerprint density at radius 1 is 0.308 bits per heavy atom. The molecule has 0 atom stereocenters. The summed E-state index contributed by atoms with van der Waals surface area (Å²) in [7, 11) is -1.05. The van der Waals surface area contributed by atoms with E-state index in [1.54, 1.807) is 0 Å². The van der Waals surface area contributed by atoms with Gasteiger partial charge < -0.3 is 0 Å². The maximum atomic E-state index is 10.4. The van der Waals surface area contributed by atoms with E-state index >= 15 is 0 Å². The number of rotatable bonds is 33. The van der Waals surface area contributed by atoms with Gasteiger partial charge >= 0.3 is 0 Å². The molecule has 0 aliphatic heterocycles. The second-order valence-electron chi connectivity index (χ2n) is 12.8. The molecule has 0 aliphatic rings. The molecule has 0 fully saturated rings. The first-order valence-corrected chi connectivity index (χ1v) is 20.6. The van der Waals surface area contributed by atoms with E-state index in [4.69, 9.17) is 0 Å². The molecule has 0 heterocycles. The summed E-state index contributed by atoms with van der Waals surface area (Å²) >= 11 is 0. The van der Waals surface area contributed by atoms with Crippen LogP contribution in [0.5, 0.6) is 0 Å². The van der Waals surface area contributed by atoms with Crippen molar-refractivity contribution in [2.75, 3.05) is 17.3 Å². The fraction of sp³-hybridized carbons (Fsp3) is 0.973. The van der Waals surface area contributed by atoms with E-state index in [1.807, 2.05) is 0 Å². The zero-order valence-electron chi connectivity index (χ0n) is 27.7. The van der Waals surface area contributed by atoms with Crippen molar-refractivity contribution >= 4 is 10.0 Å². The smallest absolute Gasteiger partial charge is 0.113 e. The normalized spacial score (nSPS) is 12.2. The van der Waals surface area contributed by atoms with Gasteiger partial charge in [0.05, 0.1) is 0 Å². The van der Waals surface area contributed by atoms with Crippen LogP contribution in [0.25, 0.3) is 0 Å². The van der Waals surface area contributed by atoms with Gasteiger partial charge in [0.15, 0.2) is 0 Å². The number of hydrogen-bond donors (Lipinski definition) is 0. The third-order valence-electron chi connectivity index (χ3n) is 8.86. The van der Waals surface area contributed by atoms with Crippen LogP contribution in [0.1, 0.15) is 213 Å². The Balaban J connectivity index is 4.23. The molecule has 0 rings (SSSR count).